The second-order valence-corrected chi connectivity index (χ2v) is 3.29. The number of nitrogens with one attached hydrogen (secondary N) is 1. The molecule has 0 aliphatic heterocycles. The first-order chi connectivity index (χ1) is 7.72. The smallest absolute Gasteiger partial charge is 0.252 e. The summed E-state index contributed by atoms with van der Waals surface area (Å²) in [5, 5.41) is 7.07. The van der Waals surface area contributed by atoms with Gasteiger partial charge < -0.3 is 11.1 Å². The first-order valence-corrected chi connectivity index (χ1v) is 4.90. The topological polar surface area (TPSA) is 94.5 Å². The summed E-state index contributed by atoms with van der Waals surface area (Å²) >= 11 is 0. The molecule has 2 aromatic rings. The van der Waals surface area contributed by atoms with Crippen LogP contribution in [0.2, 0.25) is 0 Å². The second-order valence-electron chi connectivity index (χ2n) is 3.29. The number of rotatable bonds is 3. The molecule has 0 radical (unpaired) electrons. The highest BCUT2D eigenvalue weighted by Crippen LogP contribution is 2.12. The molecule has 7 heteroatoms. The van der Waals surface area contributed by atoms with E-state index in [0.717, 1.165) is 0 Å². The Bertz CT molecular complexity index is 462. The van der Waals surface area contributed by atoms with Gasteiger partial charge in [0.1, 0.15) is 0 Å². The number of nitrogens with zero attached hydrogens (tertiary/aromatic N) is 5. The van der Waals surface area contributed by atoms with Crippen molar-refractivity contribution in [3.63, 3.8) is 0 Å². The molecule has 1 unspecified atom stereocenters. The van der Waals surface area contributed by atoms with Gasteiger partial charge >= 0.3 is 0 Å². The summed E-state index contributed by atoms with van der Waals surface area (Å²) in [4.78, 5) is 12.5. The van der Waals surface area contributed by atoms with Gasteiger partial charge in [0.2, 0.25) is 5.95 Å². The summed E-state index contributed by atoms with van der Waals surface area (Å²) in [7, 11) is 1.75. The molecule has 0 bridgehead atoms. The largest absolute Gasteiger partial charge is 0.356 e. The highest BCUT2D eigenvalue weighted by Gasteiger charge is 2.15. The summed E-state index contributed by atoms with van der Waals surface area (Å²) in [6.45, 7) is 1.84. The lowest BCUT2D eigenvalue weighted by molar-refractivity contribution is 0.669. The van der Waals surface area contributed by atoms with Crippen LogP contribution in [0.5, 0.6) is 0 Å². The number of anilines is 1. The Labute approximate surface area is 92.7 Å². The van der Waals surface area contributed by atoms with E-state index in [9.17, 15) is 0 Å². The maximum absolute atomic E-state index is 5.81. The maximum atomic E-state index is 5.81. The molecule has 7 nitrogen and oxygen atoms in total. The van der Waals surface area contributed by atoms with Gasteiger partial charge in [-0.15, -0.1) is 5.10 Å². The minimum atomic E-state index is -0.238. The van der Waals surface area contributed by atoms with Gasteiger partial charge in [0, 0.05) is 19.4 Å². The molecule has 84 valence electrons. The lowest BCUT2D eigenvalue weighted by Crippen LogP contribution is -2.14. The molecule has 3 N–H and O–H groups in total. The summed E-state index contributed by atoms with van der Waals surface area (Å²) in [6.07, 6.45) is 3.29. The van der Waals surface area contributed by atoms with Crippen molar-refractivity contribution in [2.24, 2.45) is 5.73 Å². The number of hydrogen-bond donors (Lipinski definition) is 2. The molecule has 2 rings (SSSR count). The van der Waals surface area contributed by atoms with E-state index in [-0.39, 0.29) is 6.04 Å². The molecule has 2 aromatic heterocycles. The summed E-state index contributed by atoms with van der Waals surface area (Å²) in [5.41, 5.74) is 5.81. The number of aromatic nitrogens is 5. The third kappa shape index (κ3) is 1.84. The monoisotopic (exact) mass is 219 g/mol. The lowest BCUT2D eigenvalue weighted by Gasteiger charge is -2.05. The fourth-order valence-electron chi connectivity index (χ4n) is 1.27. The van der Waals surface area contributed by atoms with Crippen LogP contribution in [-0.2, 0) is 0 Å². The molecular weight excluding hydrogens is 206 g/mol. The van der Waals surface area contributed by atoms with Crippen molar-refractivity contribution in [2.45, 2.75) is 13.0 Å². The normalized spacial score (nSPS) is 12.4. The zero-order valence-corrected chi connectivity index (χ0v) is 9.12. The van der Waals surface area contributed by atoms with Gasteiger partial charge in [-0.3, -0.25) is 0 Å². The van der Waals surface area contributed by atoms with Crippen molar-refractivity contribution >= 4 is 5.95 Å². The van der Waals surface area contributed by atoms with Crippen LogP contribution < -0.4 is 11.1 Å². The van der Waals surface area contributed by atoms with Crippen molar-refractivity contribution in [3.8, 4) is 5.95 Å². The van der Waals surface area contributed by atoms with E-state index in [0.29, 0.717) is 17.7 Å². The molecule has 0 saturated heterocycles. The minimum Gasteiger partial charge on any atom is -0.356 e. The van der Waals surface area contributed by atoms with Crippen LogP contribution >= 0.6 is 0 Å². The number of hydrogen-bond acceptors (Lipinski definition) is 6. The molecule has 0 spiro atoms. The molecule has 0 aliphatic rings. The molecular formula is C9H13N7. The first-order valence-electron chi connectivity index (χ1n) is 4.90. The quantitative estimate of drug-likeness (QED) is 0.761. The first kappa shape index (κ1) is 10.5. The SMILES string of the molecule is CNc1nc(C(C)N)n(-c2ncccn2)n1. The van der Waals surface area contributed by atoms with Crippen LogP contribution in [0.1, 0.15) is 18.8 Å². The van der Waals surface area contributed by atoms with Gasteiger partial charge in [0.15, 0.2) is 5.82 Å². The third-order valence-electron chi connectivity index (χ3n) is 2.00. The van der Waals surface area contributed by atoms with Crippen molar-refractivity contribution in [1.29, 1.82) is 0 Å². The predicted octanol–water partition coefficient (Wildman–Crippen LogP) is 0.119. The molecule has 0 aliphatic carbocycles. The van der Waals surface area contributed by atoms with E-state index < -0.39 is 0 Å². The van der Waals surface area contributed by atoms with E-state index in [1.165, 1.54) is 4.68 Å². The summed E-state index contributed by atoms with van der Waals surface area (Å²) < 4.78 is 1.54. The van der Waals surface area contributed by atoms with E-state index in [2.05, 4.69) is 25.4 Å². The van der Waals surface area contributed by atoms with Crippen LogP contribution in [0, 0.1) is 0 Å². The molecule has 0 amide bonds. The van der Waals surface area contributed by atoms with E-state index >= 15 is 0 Å². The van der Waals surface area contributed by atoms with Gasteiger partial charge in [-0.1, -0.05) is 0 Å². The Balaban J connectivity index is 2.51. The van der Waals surface area contributed by atoms with Crippen LogP contribution in [0.3, 0.4) is 0 Å². The van der Waals surface area contributed by atoms with Crippen LogP contribution in [0.15, 0.2) is 18.5 Å². The highest BCUT2D eigenvalue weighted by molar-refractivity contribution is 5.26. The van der Waals surface area contributed by atoms with Gasteiger partial charge in [-0.05, 0) is 13.0 Å². The Morgan fingerprint density at radius 3 is 2.62 bits per heavy atom. The predicted molar refractivity (Wildman–Crippen MR) is 59.1 cm³/mol. The fourth-order valence-corrected chi connectivity index (χ4v) is 1.27. The fraction of sp³-hybridized carbons (Fsp3) is 0.333. The lowest BCUT2D eigenvalue weighted by atomic mass is 10.3. The van der Waals surface area contributed by atoms with E-state index in [1.54, 1.807) is 25.5 Å². The zero-order valence-electron chi connectivity index (χ0n) is 9.12. The molecule has 1 atom stereocenters. The highest BCUT2D eigenvalue weighted by atomic mass is 15.4. The van der Waals surface area contributed by atoms with Gasteiger partial charge in [0.25, 0.3) is 5.95 Å². The van der Waals surface area contributed by atoms with Gasteiger partial charge in [-0.25, -0.2) is 9.97 Å². The molecule has 0 aromatic carbocycles. The van der Waals surface area contributed by atoms with Gasteiger partial charge in [-0.2, -0.15) is 9.67 Å². The molecule has 16 heavy (non-hydrogen) atoms. The molecule has 0 saturated carbocycles. The minimum absolute atomic E-state index is 0.238. The Morgan fingerprint density at radius 1 is 1.38 bits per heavy atom. The Hall–Kier alpha value is -2.02. The van der Waals surface area contributed by atoms with Gasteiger partial charge in [0.05, 0.1) is 6.04 Å². The van der Waals surface area contributed by atoms with Crippen LogP contribution in [-0.4, -0.2) is 31.8 Å². The molecule has 2 heterocycles. The van der Waals surface area contributed by atoms with Crippen molar-refractivity contribution in [3.05, 3.63) is 24.3 Å². The Morgan fingerprint density at radius 2 is 2.06 bits per heavy atom. The zero-order chi connectivity index (χ0) is 11.5. The standard InChI is InChI=1S/C9H13N7/c1-6(10)7-14-8(11-2)15-16(7)9-12-4-3-5-13-9/h3-6H,10H2,1-2H3,(H,11,15). The van der Waals surface area contributed by atoms with Crippen LogP contribution in [0.4, 0.5) is 5.95 Å². The molecule has 0 fully saturated rings. The summed E-state index contributed by atoms with van der Waals surface area (Å²) in [6, 6.07) is 1.50. The van der Waals surface area contributed by atoms with Crippen LogP contribution in [0.25, 0.3) is 5.95 Å². The average molecular weight is 219 g/mol. The number of nitrogens with two attached hydrogens (primary N) is 1. The van der Waals surface area contributed by atoms with E-state index in [1.807, 2.05) is 6.92 Å². The van der Waals surface area contributed by atoms with Crippen molar-refractivity contribution in [2.75, 3.05) is 12.4 Å². The average Bonchev–Trinajstić information content (AvgIpc) is 2.74. The summed E-state index contributed by atoms with van der Waals surface area (Å²) in [5.74, 6) is 1.58. The Kier molecular flexibility index (Phi) is 2.78. The van der Waals surface area contributed by atoms with Crippen molar-refractivity contribution in [1.82, 2.24) is 24.7 Å². The second kappa shape index (κ2) is 4.23. The van der Waals surface area contributed by atoms with Crippen molar-refractivity contribution < 1.29 is 0 Å². The third-order valence-corrected chi connectivity index (χ3v) is 2.00. The maximum Gasteiger partial charge on any atom is 0.252 e. The van der Waals surface area contributed by atoms with E-state index in [4.69, 9.17) is 5.73 Å².